The fourth-order valence-corrected chi connectivity index (χ4v) is 4.05. The van der Waals surface area contributed by atoms with E-state index >= 15 is 0 Å². The lowest BCUT2D eigenvalue weighted by Gasteiger charge is -2.14. The molecule has 8 heteroatoms. The molecule has 0 amide bonds. The van der Waals surface area contributed by atoms with Gasteiger partial charge < -0.3 is 10.6 Å². The van der Waals surface area contributed by atoms with Crippen LogP contribution in [0.5, 0.6) is 0 Å². The molecule has 1 unspecified atom stereocenters. The maximum atomic E-state index is 12.3. The minimum Gasteiger partial charge on any atom is -0.381 e. The van der Waals surface area contributed by atoms with Gasteiger partial charge in [0.25, 0.3) is 0 Å². The smallest absolute Gasteiger partial charge is 0.246 e. The molecule has 20 heavy (non-hydrogen) atoms. The van der Waals surface area contributed by atoms with Gasteiger partial charge in [0, 0.05) is 20.1 Å². The normalized spacial score (nSPS) is 20.6. The first-order valence-corrected chi connectivity index (χ1v) is 8.34. The summed E-state index contributed by atoms with van der Waals surface area (Å²) in [6.07, 6.45) is 1.03. The summed E-state index contributed by atoms with van der Waals surface area (Å²) in [5.41, 5.74) is 6.25. The summed E-state index contributed by atoms with van der Waals surface area (Å²) in [6, 6.07) is 0. The molecule has 1 aromatic rings. The van der Waals surface area contributed by atoms with Gasteiger partial charge in [-0.1, -0.05) is 6.92 Å². The Hall–Kier alpha value is -1.12. The molecule has 3 N–H and O–H groups in total. The van der Waals surface area contributed by atoms with E-state index in [-0.39, 0.29) is 10.7 Å². The topological polar surface area (TPSA) is 93.2 Å². The summed E-state index contributed by atoms with van der Waals surface area (Å²) in [6.45, 7) is 7.26. The van der Waals surface area contributed by atoms with E-state index in [1.807, 2.05) is 0 Å². The molecule has 1 aliphatic heterocycles. The van der Waals surface area contributed by atoms with Gasteiger partial charge in [0.2, 0.25) is 10.0 Å². The first-order chi connectivity index (χ1) is 9.35. The minimum absolute atomic E-state index is 0.0547. The predicted molar refractivity (Wildman–Crippen MR) is 77.8 cm³/mol. The Kier molecular flexibility index (Phi) is 4.36. The van der Waals surface area contributed by atoms with Crippen LogP contribution in [0.25, 0.3) is 0 Å². The molecular formula is C12H23N5O2S. The minimum atomic E-state index is -3.59. The number of nitrogen functional groups attached to an aromatic ring is 1. The molecule has 1 saturated heterocycles. The van der Waals surface area contributed by atoms with Crippen molar-refractivity contribution in [1.82, 2.24) is 19.4 Å². The molecule has 1 fully saturated rings. The van der Waals surface area contributed by atoms with Gasteiger partial charge in [-0.2, -0.15) is 5.10 Å². The second-order valence-electron chi connectivity index (χ2n) is 5.32. The van der Waals surface area contributed by atoms with Crippen molar-refractivity contribution in [3.8, 4) is 0 Å². The summed E-state index contributed by atoms with van der Waals surface area (Å²) in [5.74, 6) is 0.419. The van der Waals surface area contributed by atoms with Crippen molar-refractivity contribution >= 4 is 15.8 Å². The van der Waals surface area contributed by atoms with Gasteiger partial charge >= 0.3 is 0 Å². The number of aryl methyl sites for hydroxylation is 1. The molecule has 0 bridgehead atoms. The van der Waals surface area contributed by atoms with Crippen molar-refractivity contribution in [2.75, 3.05) is 31.9 Å². The van der Waals surface area contributed by atoms with E-state index < -0.39 is 10.0 Å². The van der Waals surface area contributed by atoms with Crippen molar-refractivity contribution in [2.24, 2.45) is 13.0 Å². The van der Waals surface area contributed by atoms with Crippen LogP contribution in [0.2, 0.25) is 0 Å². The third kappa shape index (κ3) is 2.97. The zero-order valence-corrected chi connectivity index (χ0v) is 13.1. The maximum absolute atomic E-state index is 12.3. The summed E-state index contributed by atoms with van der Waals surface area (Å²) in [7, 11) is -1.91. The highest BCUT2D eigenvalue weighted by molar-refractivity contribution is 7.89. The number of anilines is 1. The van der Waals surface area contributed by atoms with Gasteiger partial charge in [0.05, 0.1) is 5.69 Å². The number of rotatable bonds is 5. The average Bonchev–Trinajstić information content (AvgIpc) is 2.93. The van der Waals surface area contributed by atoms with Crippen LogP contribution >= 0.6 is 0 Å². The number of likely N-dealkylation sites (tertiary alicyclic amines) is 1. The van der Waals surface area contributed by atoms with E-state index in [0.717, 1.165) is 26.1 Å². The van der Waals surface area contributed by atoms with Crippen LogP contribution < -0.4 is 10.5 Å². The number of nitrogens with zero attached hydrogens (tertiary/aromatic N) is 3. The molecule has 0 aromatic carbocycles. The fourth-order valence-electron chi connectivity index (χ4n) is 2.61. The number of hydrogen-bond acceptors (Lipinski definition) is 5. The van der Waals surface area contributed by atoms with Gasteiger partial charge in [-0.3, -0.25) is 4.68 Å². The Morgan fingerprint density at radius 3 is 2.70 bits per heavy atom. The molecular weight excluding hydrogens is 278 g/mol. The van der Waals surface area contributed by atoms with Gasteiger partial charge in [-0.25, -0.2) is 13.1 Å². The number of hydrogen-bond donors (Lipinski definition) is 2. The van der Waals surface area contributed by atoms with E-state index in [0.29, 0.717) is 18.2 Å². The van der Waals surface area contributed by atoms with Crippen LogP contribution in [0.15, 0.2) is 4.90 Å². The van der Waals surface area contributed by atoms with Gasteiger partial charge in [0.1, 0.15) is 4.90 Å². The highest BCUT2D eigenvalue weighted by Crippen LogP contribution is 2.22. The Bertz CT molecular complexity index is 581. The van der Waals surface area contributed by atoms with E-state index in [4.69, 9.17) is 5.73 Å². The lowest BCUT2D eigenvalue weighted by atomic mass is 10.1. The standard InChI is InChI=1S/C12H23N5O2S/c1-4-17-6-5-10(8-17)7-14-20(18,19)11-9(2)16(3)15-12(11)13/h10,14H,4-8H2,1-3H3,(H2,13,15). The molecule has 2 heterocycles. The molecule has 0 radical (unpaired) electrons. The zero-order chi connectivity index (χ0) is 14.9. The lowest BCUT2D eigenvalue weighted by Crippen LogP contribution is -2.31. The Labute approximate surface area is 120 Å². The Balaban J connectivity index is 2.05. The van der Waals surface area contributed by atoms with Crippen LogP contribution in [0.1, 0.15) is 19.0 Å². The molecule has 0 saturated carbocycles. The molecule has 7 nitrogen and oxygen atoms in total. The van der Waals surface area contributed by atoms with Crippen molar-refractivity contribution in [2.45, 2.75) is 25.2 Å². The number of nitrogens with one attached hydrogen (secondary N) is 1. The quantitative estimate of drug-likeness (QED) is 0.794. The van der Waals surface area contributed by atoms with Crippen molar-refractivity contribution < 1.29 is 8.42 Å². The molecule has 1 aliphatic rings. The van der Waals surface area contributed by atoms with Crippen LogP contribution in [0.3, 0.4) is 0 Å². The van der Waals surface area contributed by atoms with Crippen LogP contribution in [0, 0.1) is 12.8 Å². The number of aromatic nitrogens is 2. The van der Waals surface area contributed by atoms with Crippen LogP contribution in [-0.2, 0) is 17.1 Å². The first kappa shape index (κ1) is 15.3. The fraction of sp³-hybridized carbons (Fsp3) is 0.750. The second-order valence-corrected chi connectivity index (χ2v) is 7.03. The van der Waals surface area contributed by atoms with E-state index in [9.17, 15) is 8.42 Å². The van der Waals surface area contributed by atoms with Crippen LogP contribution in [0.4, 0.5) is 5.82 Å². The molecule has 0 spiro atoms. The first-order valence-electron chi connectivity index (χ1n) is 6.86. The number of nitrogens with two attached hydrogens (primary N) is 1. The molecule has 2 rings (SSSR count). The third-order valence-corrected chi connectivity index (χ3v) is 5.54. The molecule has 1 atom stereocenters. The lowest BCUT2D eigenvalue weighted by molar-refractivity contribution is 0.342. The van der Waals surface area contributed by atoms with Crippen molar-refractivity contribution in [3.05, 3.63) is 5.69 Å². The maximum Gasteiger partial charge on any atom is 0.246 e. The largest absolute Gasteiger partial charge is 0.381 e. The van der Waals surface area contributed by atoms with Gasteiger partial charge in [-0.15, -0.1) is 0 Å². The zero-order valence-electron chi connectivity index (χ0n) is 12.3. The molecule has 1 aromatic heterocycles. The Morgan fingerprint density at radius 1 is 1.50 bits per heavy atom. The summed E-state index contributed by atoms with van der Waals surface area (Å²) in [5, 5.41) is 3.95. The van der Waals surface area contributed by atoms with E-state index in [2.05, 4.69) is 21.6 Å². The summed E-state index contributed by atoms with van der Waals surface area (Å²) in [4.78, 5) is 2.42. The molecule has 0 aliphatic carbocycles. The summed E-state index contributed by atoms with van der Waals surface area (Å²) < 4.78 is 28.8. The van der Waals surface area contributed by atoms with Gasteiger partial charge in [0.15, 0.2) is 5.82 Å². The highest BCUT2D eigenvalue weighted by atomic mass is 32.2. The third-order valence-electron chi connectivity index (χ3n) is 3.95. The number of sulfonamides is 1. The Morgan fingerprint density at radius 2 is 2.20 bits per heavy atom. The highest BCUT2D eigenvalue weighted by Gasteiger charge is 2.27. The van der Waals surface area contributed by atoms with E-state index in [1.165, 1.54) is 4.68 Å². The monoisotopic (exact) mass is 301 g/mol. The van der Waals surface area contributed by atoms with Crippen molar-refractivity contribution in [3.63, 3.8) is 0 Å². The van der Waals surface area contributed by atoms with Crippen LogP contribution in [-0.4, -0.2) is 49.3 Å². The van der Waals surface area contributed by atoms with Crippen molar-refractivity contribution in [1.29, 1.82) is 0 Å². The SMILES string of the molecule is CCN1CCC(CNS(=O)(=O)c2c(N)nn(C)c2C)C1. The molecule has 114 valence electrons. The summed E-state index contributed by atoms with van der Waals surface area (Å²) >= 11 is 0. The second kappa shape index (κ2) is 5.71. The van der Waals surface area contributed by atoms with Gasteiger partial charge in [-0.05, 0) is 32.4 Å². The predicted octanol–water partition coefficient (Wildman–Crippen LogP) is -0.0692. The van der Waals surface area contributed by atoms with E-state index in [1.54, 1.807) is 14.0 Å². The average molecular weight is 301 g/mol.